The number of rotatable bonds is 5. The molecule has 0 spiro atoms. The van der Waals surface area contributed by atoms with E-state index in [1.807, 2.05) is 44.2 Å². The maximum atomic E-state index is 13.1. The largest absolute Gasteiger partial charge is 0.360 e. The summed E-state index contributed by atoms with van der Waals surface area (Å²) in [7, 11) is 0. The highest BCUT2D eigenvalue weighted by Gasteiger charge is 2.21. The molecule has 5 rings (SSSR count). The van der Waals surface area contributed by atoms with Crippen LogP contribution in [0.5, 0.6) is 0 Å². The first kappa shape index (κ1) is 20.6. The first-order chi connectivity index (χ1) is 15.9. The van der Waals surface area contributed by atoms with E-state index in [0.717, 1.165) is 22.0 Å². The van der Waals surface area contributed by atoms with Crippen molar-refractivity contribution in [1.82, 2.24) is 29.6 Å². The van der Waals surface area contributed by atoms with E-state index in [2.05, 4.69) is 20.6 Å². The van der Waals surface area contributed by atoms with Gasteiger partial charge in [-0.25, -0.2) is 13.9 Å². The second kappa shape index (κ2) is 8.01. The zero-order valence-corrected chi connectivity index (χ0v) is 18.5. The third kappa shape index (κ3) is 3.57. The fourth-order valence-electron chi connectivity index (χ4n) is 4.00. The molecule has 0 aliphatic heterocycles. The second-order valence-corrected chi connectivity index (χ2v) is 8.01. The number of aromatic nitrogens is 5. The number of fused-ring (bicyclic) bond motifs is 3. The van der Waals surface area contributed by atoms with Gasteiger partial charge >= 0.3 is 5.69 Å². The number of hydrogen-bond acceptors (Lipinski definition) is 6. The van der Waals surface area contributed by atoms with Crippen LogP contribution in [0.3, 0.4) is 0 Å². The molecule has 0 unspecified atom stereocenters. The van der Waals surface area contributed by atoms with Gasteiger partial charge in [-0.05, 0) is 61.5 Å². The van der Waals surface area contributed by atoms with Gasteiger partial charge in [-0.3, -0.25) is 9.78 Å². The highest BCUT2D eigenvalue weighted by molar-refractivity contribution is 6.00. The number of hydrogen-bond donors (Lipinski definition) is 1. The van der Waals surface area contributed by atoms with E-state index in [1.165, 1.54) is 4.68 Å². The molecule has 4 aromatic heterocycles. The first-order valence-electron chi connectivity index (χ1n) is 10.6. The number of benzene rings is 1. The molecule has 0 radical (unpaired) electrons. The Morgan fingerprint density at radius 2 is 2.00 bits per heavy atom. The molecule has 0 saturated heterocycles. The zero-order valence-electron chi connectivity index (χ0n) is 18.5. The molecule has 0 atom stereocenters. The van der Waals surface area contributed by atoms with Gasteiger partial charge in [0.05, 0.1) is 12.1 Å². The molecular weight excluding hydrogens is 420 g/mol. The van der Waals surface area contributed by atoms with Crippen LogP contribution in [0.4, 0.5) is 0 Å². The van der Waals surface area contributed by atoms with Crippen LogP contribution < -0.4 is 11.0 Å². The summed E-state index contributed by atoms with van der Waals surface area (Å²) in [4.78, 5) is 30.1. The average Bonchev–Trinajstić information content (AvgIpc) is 3.36. The van der Waals surface area contributed by atoms with Crippen LogP contribution in [-0.2, 0) is 6.54 Å². The minimum absolute atomic E-state index is 0.218. The van der Waals surface area contributed by atoms with Crippen molar-refractivity contribution < 1.29 is 9.32 Å². The topological polar surface area (TPSA) is 107 Å². The first-order valence-corrected chi connectivity index (χ1v) is 10.6. The zero-order chi connectivity index (χ0) is 23.1. The van der Waals surface area contributed by atoms with Crippen LogP contribution in [0.15, 0.2) is 58.1 Å². The van der Waals surface area contributed by atoms with Crippen LogP contribution >= 0.6 is 0 Å². The fraction of sp³-hybridized carbons (Fsp3) is 0.208. The summed E-state index contributed by atoms with van der Waals surface area (Å²) >= 11 is 0. The van der Waals surface area contributed by atoms with Crippen LogP contribution in [0.25, 0.3) is 27.8 Å². The summed E-state index contributed by atoms with van der Waals surface area (Å²) in [6.45, 7) is 6.05. The van der Waals surface area contributed by atoms with Crippen molar-refractivity contribution in [2.45, 2.75) is 27.3 Å². The lowest BCUT2D eigenvalue weighted by molar-refractivity contribution is 0.0951. The number of aryl methyl sites for hydroxylation is 3. The molecule has 0 saturated carbocycles. The Morgan fingerprint density at radius 3 is 2.79 bits per heavy atom. The number of pyridine rings is 2. The van der Waals surface area contributed by atoms with E-state index in [-0.39, 0.29) is 24.7 Å². The third-order valence-corrected chi connectivity index (χ3v) is 5.62. The van der Waals surface area contributed by atoms with Crippen molar-refractivity contribution in [3.8, 4) is 11.3 Å². The molecule has 33 heavy (non-hydrogen) atoms. The molecule has 0 aliphatic carbocycles. The van der Waals surface area contributed by atoms with Crippen LogP contribution in [-0.4, -0.2) is 36.8 Å². The lowest BCUT2D eigenvalue weighted by Gasteiger charge is -2.05. The van der Waals surface area contributed by atoms with E-state index in [0.29, 0.717) is 28.2 Å². The van der Waals surface area contributed by atoms with Gasteiger partial charge in [-0.2, -0.15) is 0 Å². The number of nitrogens with one attached hydrogen (secondary N) is 1. The predicted molar refractivity (Wildman–Crippen MR) is 123 cm³/mol. The summed E-state index contributed by atoms with van der Waals surface area (Å²) in [5.74, 6) is 0.0791. The highest BCUT2D eigenvalue weighted by atomic mass is 16.5. The van der Waals surface area contributed by atoms with Crippen molar-refractivity contribution in [2.24, 2.45) is 0 Å². The SMILES string of the molecule is Cc1ccc2cc(C)c3nn(CCNC(=O)c4c(-c5cccnc5)noc4C)c(=O)n3c2c1. The predicted octanol–water partition coefficient (Wildman–Crippen LogP) is 3.05. The van der Waals surface area contributed by atoms with Crippen LogP contribution in [0.1, 0.15) is 27.2 Å². The monoisotopic (exact) mass is 442 g/mol. The molecule has 5 aromatic rings. The standard InChI is InChI=1S/C24H22N6O3/c1-14-6-7-17-12-15(2)22-27-29(24(32)30(22)19(17)11-14)10-9-26-23(31)20-16(3)33-28-21(20)18-5-4-8-25-13-18/h4-8,11-13H,9-10H2,1-3H3,(H,26,31). The third-order valence-electron chi connectivity index (χ3n) is 5.62. The minimum atomic E-state index is -0.332. The van der Waals surface area contributed by atoms with E-state index in [9.17, 15) is 9.59 Å². The highest BCUT2D eigenvalue weighted by Crippen LogP contribution is 2.24. The van der Waals surface area contributed by atoms with Gasteiger partial charge in [-0.1, -0.05) is 17.3 Å². The van der Waals surface area contributed by atoms with Gasteiger partial charge in [0.15, 0.2) is 5.65 Å². The molecule has 0 fully saturated rings. The van der Waals surface area contributed by atoms with Gasteiger partial charge in [0.1, 0.15) is 17.0 Å². The summed E-state index contributed by atoms with van der Waals surface area (Å²) in [6, 6.07) is 11.6. The van der Waals surface area contributed by atoms with Crippen molar-refractivity contribution in [3.63, 3.8) is 0 Å². The molecule has 9 nitrogen and oxygen atoms in total. The number of nitrogens with zero attached hydrogens (tertiary/aromatic N) is 5. The Balaban J connectivity index is 1.40. The van der Waals surface area contributed by atoms with E-state index >= 15 is 0 Å². The van der Waals surface area contributed by atoms with Crippen molar-refractivity contribution in [3.05, 3.63) is 81.7 Å². The Kier molecular flexibility index (Phi) is 5.01. The lowest BCUT2D eigenvalue weighted by Crippen LogP contribution is -2.31. The number of amides is 1. The quantitative estimate of drug-likeness (QED) is 0.448. The van der Waals surface area contributed by atoms with E-state index in [4.69, 9.17) is 4.52 Å². The molecule has 0 bridgehead atoms. The van der Waals surface area contributed by atoms with Gasteiger partial charge < -0.3 is 9.84 Å². The Morgan fingerprint density at radius 1 is 1.15 bits per heavy atom. The maximum absolute atomic E-state index is 13.1. The van der Waals surface area contributed by atoms with Crippen molar-refractivity contribution in [1.29, 1.82) is 0 Å². The Hall–Kier alpha value is -4.27. The Bertz CT molecular complexity index is 1560. The summed E-state index contributed by atoms with van der Waals surface area (Å²) in [6.07, 6.45) is 3.27. The summed E-state index contributed by atoms with van der Waals surface area (Å²) in [5.41, 5.74) is 4.63. The number of carbonyl (C=O) groups excluding carboxylic acids is 1. The van der Waals surface area contributed by atoms with Gasteiger partial charge in [0.25, 0.3) is 5.91 Å². The molecule has 1 aromatic carbocycles. The molecular formula is C24H22N6O3. The smallest absolute Gasteiger partial charge is 0.350 e. The van der Waals surface area contributed by atoms with Crippen LogP contribution in [0.2, 0.25) is 0 Å². The minimum Gasteiger partial charge on any atom is -0.360 e. The summed E-state index contributed by atoms with van der Waals surface area (Å²) in [5, 5.41) is 12.4. The van der Waals surface area contributed by atoms with Crippen LogP contribution in [0, 0.1) is 20.8 Å². The maximum Gasteiger partial charge on any atom is 0.350 e. The molecule has 4 heterocycles. The molecule has 9 heteroatoms. The molecule has 1 N–H and O–H groups in total. The second-order valence-electron chi connectivity index (χ2n) is 8.01. The lowest BCUT2D eigenvalue weighted by atomic mass is 10.1. The van der Waals surface area contributed by atoms with E-state index < -0.39 is 0 Å². The van der Waals surface area contributed by atoms with E-state index in [1.54, 1.807) is 29.8 Å². The normalized spacial score (nSPS) is 11.4. The fourth-order valence-corrected chi connectivity index (χ4v) is 4.00. The average molecular weight is 442 g/mol. The Labute approximate surface area is 188 Å². The van der Waals surface area contributed by atoms with Crippen molar-refractivity contribution >= 4 is 22.5 Å². The van der Waals surface area contributed by atoms with Gasteiger partial charge in [0.2, 0.25) is 0 Å². The van der Waals surface area contributed by atoms with Gasteiger partial charge in [-0.15, -0.1) is 5.10 Å². The molecule has 0 aliphatic rings. The van der Waals surface area contributed by atoms with Gasteiger partial charge in [0, 0.05) is 24.5 Å². The molecule has 166 valence electrons. The molecule has 1 amide bonds. The summed E-state index contributed by atoms with van der Waals surface area (Å²) < 4.78 is 8.26. The number of carbonyl (C=O) groups is 1. The van der Waals surface area contributed by atoms with Crippen molar-refractivity contribution in [2.75, 3.05) is 6.54 Å².